The van der Waals surface area contributed by atoms with Gasteiger partial charge in [-0.05, 0) is 85.9 Å². The monoisotopic (exact) mass is 540 g/mol. The average Bonchev–Trinajstić information content (AvgIpc) is 3.10. The molecule has 1 aliphatic rings. The summed E-state index contributed by atoms with van der Waals surface area (Å²) >= 11 is 11.5. The van der Waals surface area contributed by atoms with E-state index in [2.05, 4.69) is 10.7 Å². The first kappa shape index (κ1) is 26.1. The Labute approximate surface area is 222 Å². The highest BCUT2D eigenvalue weighted by atomic mass is 35.5. The maximum absolute atomic E-state index is 13.7. The molecule has 1 aliphatic heterocycles. The number of anilines is 2. The van der Waals surface area contributed by atoms with Crippen LogP contribution in [0.25, 0.3) is 0 Å². The summed E-state index contributed by atoms with van der Waals surface area (Å²) in [6.07, 6.45) is -0.320. The van der Waals surface area contributed by atoms with E-state index in [-0.39, 0.29) is 17.1 Å². The molecule has 0 bridgehead atoms. The first-order valence-corrected chi connectivity index (χ1v) is 12.1. The summed E-state index contributed by atoms with van der Waals surface area (Å²) in [7, 11) is 0. The van der Waals surface area contributed by atoms with Crippen LogP contribution in [0.5, 0.6) is 5.75 Å². The second-order valence-electron chi connectivity index (χ2n) is 7.98. The van der Waals surface area contributed by atoms with Gasteiger partial charge >= 0.3 is 0 Å². The van der Waals surface area contributed by atoms with Gasteiger partial charge in [0.1, 0.15) is 17.6 Å². The average molecular weight is 541 g/mol. The molecular formula is C26H22ClFN4O4S. The standard InChI is InChI=1S/C26H22ClFN4O4S/c1-2-36-21-12-8-19(9-13-21)29-23(33)15-22-25(35)31(20-10-6-17(27)7-11-20)26(37)32(22)30-24(34)16-4-3-5-18(28)14-16/h3-14,22H,2,15H2,1H3,(H,29,33)(H,30,34). The molecule has 1 unspecified atom stereocenters. The summed E-state index contributed by atoms with van der Waals surface area (Å²) in [5.74, 6) is -1.63. The van der Waals surface area contributed by atoms with E-state index in [9.17, 15) is 18.8 Å². The zero-order valence-corrected chi connectivity index (χ0v) is 21.2. The SMILES string of the molecule is CCOc1ccc(NC(=O)CC2C(=O)N(c3ccc(Cl)cc3)C(=S)N2NC(=O)c2cccc(F)c2)cc1. The minimum Gasteiger partial charge on any atom is -0.494 e. The van der Waals surface area contributed by atoms with Crippen molar-refractivity contribution in [2.24, 2.45) is 0 Å². The molecule has 3 aromatic carbocycles. The van der Waals surface area contributed by atoms with Crippen LogP contribution in [0.3, 0.4) is 0 Å². The maximum atomic E-state index is 13.7. The number of amides is 3. The third kappa shape index (κ3) is 6.04. The molecule has 37 heavy (non-hydrogen) atoms. The molecule has 0 radical (unpaired) electrons. The first-order chi connectivity index (χ1) is 17.8. The minimum absolute atomic E-state index is 0.0257. The van der Waals surface area contributed by atoms with E-state index in [1.165, 1.54) is 23.1 Å². The lowest BCUT2D eigenvalue weighted by atomic mass is 10.1. The molecule has 1 fully saturated rings. The molecule has 0 aromatic heterocycles. The Bertz CT molecular complexity index is 1340. The number of ether oxygens (including phenoxy) is 1. The lowest BCUT2D eigenvalue weighted by Gasteiger charge is -2.24. The Morgan fingerprint density at radius 2 is 1.78 bits per heavy atom. The number of thiocarbonyl (C=S) groups is 1. The van der Waals surface area contributed by atoms with Gasteiger partial charge in [0.05, 0.1) is 18.7 Å². The number of carbonyl (C=O) groups is 3. The van der Waals surface area contributed by atoms with Crippen molar-refractivity contribution >= 4 is 58.0 Å². The molecule has 3 aromatic rings. The Kier molecular flexibility index (Phi) is 8.00. The topological polar surface area (TPSA) is 91.0 Å². The number of hydrogen-bond acceptors (Lipinski definition) is 5. The van der Waals surface area contributed by atoms with Gasteiger partial charge in [0, 0.05) is 16.3 Å². The molecule has 4 rings (SSSR count). The fourth-order valence-corrected chi connectivity index (χ4v) is 4.21. The summed E-state index contributed by atoms with van der Waals surface area (Å²) in [6.45, 7) is 2.38. The van der Waals surface area contributed by atoms with Gasteiger partial charge in [0.2, 0.25) is 11.0 Å². The van der Waals surface area contributed by atoms with Crippen molar-refractivity contribution < 1.29 is 23.5 Å². The van der Waals surface area contributed by atoms with Crippen LogP contribution >= 0.6 is 23.8 Å². The van der Waals surface area contributed by atoms with Crippen molar-refractivity contribution in [3.8, 4) is 5.75 Å². The highest BCUT2D eigenvalue weighted by molar-refractivity contribution is 7.80. The van der Waals surface area contributed by atoms with Crippen LogP contribution in [-0.4, -0.2) is 40.5 Å². The second kappa shape index (κ2) is 11.4. The maximum Gasteiger partial charge on any atom is 0.269 e. The predicted octanol–water partition coefficient (Wildman–Crippen LogP) is 4.55. The number of carbonyl (C=O) groups excluding carboxylic acids is 3. The quantitative estimate of drug-likeness (QED) is 0.407. The first-order valence-electron chi connectivity index (χ1n) is 11.3. The zero-order chi connectivity index (χ0) is 26.5. The lowest BCUT2D eigenvalue weighted by Crippen LogP contribution is -2.49. The number of halogens is 2. The van der Waals surface area contributed by atoms with E-state index < -0.39 is 29.6 Å². The second-order valence-corrected chi connectivity index (χ2v) is 8.78. The third-order valence-electron chi connectivity index (χ3n) is 5.44. The molecule has 190 valence electrons. The van der Waals surface area contributed by atoms with Crippen molar-refractivity contribution in [1.29, 1.82) is 0 Å². The molecule has 2 N–H and O–H groups in total. The Morgan fingerprint density at radius 3 is 2.43 bits per heavy atom. The highest BCUT2D eigenvalue weighted by Gasteiger charge is 2.45. The van der Waals surface area contributed by atoms with Crippen LogP contribution in [0.2, 0.25) is 5.02 Å². The van der Waals surface area contributed by atoms with Gasteiger partial charge in [0.15, 0.2) is 0 Å². The summed E-state index contributed by atoms with van der Waals surface area (Å²) in [6, 6.07) is 17.1. The molecule has 1 heterocycles. The van der Waals surface area contributed by atoms with E-state index >= 15 is 0 Å². The Balaban J connectivity index is 1.57. The molecule has 1 atom stereocenters. The van der Waals surface area contributed by atoms with Gasteiger partial charge in [-0.15, -0.1) is 0 Å². The summed E-state index contributed by atoms with van der Waals surface area (Å²) < 4.78 is 19.1. The van der Waals surface area contributed by atoms with Crippen molar-refractivity contribution in [1.82, 2.24) is 10.4 Å². The normalized spacial score (nSPS) is 15.1. The van der Waals surface area contributed by atoms with Crippen LogP contribution < -0.4 is 20.4 Å². The largest absolute Gasteiger partial charge is 0.494 e. The number of hydrazine groups is 1. The van der Waals surface area contributed by atoms with E-state index in [0.717, 1.165) is 11.1 Å². The molecule has 3 amide bonds. The van der Waals surface area contributed by atoms with E-state index in [0.29, 0.717) is 28.8 Å². The molecular weight excluding hydrogens is 519 g/mol. The van der Waals surface area contributed by atoms with Gasteiger partial charge in [-0.1, -0.05) is 17.7 Å². The van der Waals surface area contributed by atoms with Crippen molar-refractivity contribution in [2.75, 3.05) is 16.8 Å². The smallest absolute Gasteiger partial charge is 0.269 e. The van der Waals surface area contributed by atoms with Crippen LogP contribution in [0.4, 0.5) is 15.8 Å². The van der Waals surface area contributed by atoms with Crippen LogP contribution in [0, 0.1) is 5.82 Å². The van der Waals surface area contributed by atoms with E-state index in [4.69, 9.17) is 28.6 Å². The van der Waals surface area contributed by atoms with E-state index in [1.807, 2.05) is 6.92 Å². The van der Waals surface area contributed by atoms with Crippen molar-refractivity contribution in [3.05, 3.63) is 89.2 Å². The molecule has 0 saturated carbocycles. The van der Waals surface area contributed by atoms with Crippen LogP contribution in [-0.2, 0) is 9.59 Å². The molecule has 1 saturated heterocycles. The van der Waals surface area contributed by atoms with Crippen LogP contribution in [0.15, 0.2) is 72.8 Å². The van der Waals surface area contributed by atoms with Gasteiger partial charge in [-0.25, -0.2) is 9.40 Å². The highest BCUT2D eigenvalue weighted by Crippen LogP contribution is 2.28. The molecule has 8 nitrogen and oxygen atoms in total. The number of rotatable bonds is 8. The third-order valence-corrected chi connectivity index (χ3v) is 6.07. The number of nitrogens with one attached hydrogen (secondary N) is 2. The fraction of sp³-hybridized carbons (Fsp3) is 0.154. The molecule has 0 aliphatic carbocycles. The number of hydrogen-bond donors (Lipinski definition) is 2. The van der Waals surface area contributed by atoms with Crippen LogP contribution in [0.1, 0.15) is 23.7 Å². The minimum atomic E-state index is -1.15. The summed E-state index contributed by atoms with van der Waals surface area (Å²) in [4.78, 5) is 40.4. The van der Waals surface area contributed by atoms with Gasteiger partial charge in [-0.2, -0.15) is 0 Å². The predicted molar refractivity (Wildman–Crippen MR) is 142 cm³/mol. The Morgan fingerprint density at radius 1 is 1.08 bits per heavy atom. The number of benzene rings is 3. The summed E-state index contributed by atoms with van der Waals surface area (Å²) in [5, 5.41) is 4.30. The number of nitrogens with zero attached hydrogens (tertiary/aromatic N) is 2. The Hall–Kier alpha value is -4.02. The zero-order valence-electron chi connectivity index (χ0n) is 19.6. The molecule has 11 heteroatoms. The van der Waals surface area contributed by atoms with Gasteiger partial charge < -0.3 is 10.1 Å². The summed E-state index contributed by atoms with van der Waals surface area (Å²) in [5.41, 5.74) is 3.50. The van der Waals surface area contributed by atoms with Gasteiger partial charge in [0.25, 0.3) is 11.8 Å². The fourth-order valence-electron chi connectivity index (χ4n) is 3.72. The van der Waals surface area contributed by atoms with Gasteiger partial charge in [-0.3, -0.25) is 24.7 Å². The van der Waals surface area contributed by atoms with E-state index in [1.54, 1.807) is 48.5 Å². The van der Waals surface area contributed by atoms with Crippen molar-refractivity contribution in [2.45, 2.75) is 19.4 Å². The van der Waals surface area contributed by atoms with Crippen molar-refractivity contribution in [3.63, 3.8) is 0 Å². The molecule has 0 spiro atoms. The lowest BCUT2D eigenvalue weighted by molar-refractivity contribution is -0.124.